The van der Waals surface area contributed by atoms with Gasteiger partial charge in [0, 0.05) is 31.7 Å². The zero-order valence-electron chi connectivity index (χ0n) is 15.6. The number of nitrogens with one attached hydrogen (secondary N) is 1. The Hall–Kier alpha value is -2.04. The number of benzene rings is 2. The molecule has 1 aliphatic heterocycles. The van der Waals surface area contributed by atoms with Gasteiger partial charge in [0.05, 0.1) is 5.02 Å². The van der Waals surface area contributed by atoms with Crippen LogP contribution in [0.3, 0.4) is 0 Å². The highest BCUT2D eigenvalue weighted by atomic mass is 35.5. The number of carbonyl (C=O) groups is 1. The van der Waals surface area contributed by atoms with Gasteiger partial charge in [-0.2, -0.15) is 0 Å². The maximum Gasteiger partial charge on any atom is 0.251 e. The van der Waals surface area contributed by atoms with E-state index in [1.54, 1.807) is 25.2 Å². The normalized spacial score (nSPS) is 17.6. The van der Waals surface area contributed by atoms with E-state index in [0.717, 1.165) is 37.7 Å². The number of halogens is 1. The first-order valence-electron chi connectivity index (χ1n) is 9.69. The van der Waals surface area contributed by atoms with Crippen LogP contribution in [-0.2, 0) is 12.8 Å². The average molecular weight is 385 g/mol. The molecular weight excluding hydrogens is 360 g/mol. The number of amides is 1. The summed E-state index contributed by atoms with van der Waals surface area (Å²) >= 11 is 6.31. The lowest BCUT2D eigenvalue weighted by Crippen LogP contribution is -2.41. The summed E-state index contributed by atoms with van der Waals surface area (Å²) < 4.78 is 6.01. The van der Waals surface area contributed by atoms with Gasteiger partial charge in [-0.15, -0.1) is 0 Å². The zero-order chi connectivity index (χ0) is 18.8. The summed E-state index contributed by atoms with van der Waals surface area (Å²) in [6.45, 7) is 2.29. The fraction of sp³-hybridized carbons (Fsp3) is 0.409. The van der Waals surface area contributed by atoms with E-state index >= 15 is 0 Å². The standard InChI is InChI=1S/C22H25ClN2O2/c1-24-22(26)17-6-8-21(20(23)14-17)27-19-7-5-15-9-11-25(18-3-2-4-18)12-10-16(15)13-19/h5-8,13-14,18H,2-4,9-12H2,1H3,(H,24,26). The van der Waals surface area contributed by atoms with Gasteiger partial charge in [-0.25, -0.2) is 0 Å². The molecule has 0 spiro atoms. The summed E-state index contributed by atoms with van der Waals surface area (Å²) in [7, 11) is 1.60. The molecule has 0 saturated heterocycles. The van der Waals surface area contributed by atoms with Gasteiger partial charge in [-0.1, -0.05) is 24.1 Å². The second-order valence-corrected chi connectivity index (χ2v) is 7.78. The molecule has 142 valence electrons. The second kappa shape index (κ2) is 7.91. The number of hydrogen-bond acceptors (Lipinski definition) is 3. The maximum atomic E-state index is 11.7. The fourth-order valence-corrected chi connectivity index (χ4v) is 4.11. The summed E-state index contributed by atoms with van der Waals surface area (Å²) in [6, 6.07) is 12.2. The van der Waals surface area contributed by atoms with Crippen molar-refractivity contribution in [2.45, 2.75) is 38.1 Å². The number of rotatable bonds is 4. The molecule has 1 fully saturated rings. The van der Waals surface area contributed by atoms with Crippen LogP contribution in [-0.4, -0.2) is 37.0 Å². The molecule has 1 amide bonds. The minimum Gasteiger partial charge on any atom is -0.456 e. The van der Waals surface area contributed by atoms with E-state index in [0.29, 0.717) is 16.3 Å². The van der Waals surface area contributed by atoms with Crippen molar-refractivity contribution >= 4 is 17.5 Å². The number of nitrogens with zero attached hydrogens (tertiary/aromatic N) is 1. The molecule has 4 rings (SSSR count). The topological polar surface area (TPSA) is 41.6 Å². The third-order valence-electron chi connectivity index (χ3n) is 5.75. The van der Waals surface area contributed by atoms with Crippen LogP contribution in [0.15, 0.2) is 36.4 Å². The van der Waals surface area contributed by atoms with E-state index in [9.17, 15) is 4.79 Å². The van der Waals surface area contributed by atoms with E-state index in [1.807, 2.05) is 6.07 Å². The van der Waals surface area contributed by atoms with Crippen molar-refractivity contribution in [2.75, 3.05) is 20.1 Å². The van der Waals surface area contributed by atoms with Crippen molar-refractivity contribution < 1.29 is 9.53 Å². The molecule has 0 aromatic heterocycles. The number of hydrogen-bond donors (Lipinski definition) is 1. The van der Waals surface area contributed by atoms with Crippen LogP contribution in [0.2, 0.25) is 5.02 Å². The average Bonchev–Trinajstić information content (AvgIpc) is 2.84. The number of ether oxygens (including phenoxy) is 1. The van der Waals surface area contributed by atoms with E-state index in [2.05, 4.69) is 22.3 Å². The van der Waals surface area contributed by atoms with Gasteiger partial charge >= 0.3 is 0 Å². The first kappa shape index (κ1) is 18.3. The molecule has 5 heteroatoms. The lowest BCUT2D eigenvalue weighted by atomic mass is 9.91. The Labute approximate surface area is 165 Å². The van der Waals surface area contributed by atoms with Crippen molar-refractivity contribution in [3.05, 3.63) is 58.1 Å². The summed E-state index contributed by atoms with van der Waals surface area (Å²) in [5.74, 6) is 1.19. The second-order valence-electron chi connectivity index (χ2n) is 7.38. The van der Waals surface area contributed by atoms with Gasteiger partial charge in [-0.05, 0) is 67.1 Å². The molecule has 0 radical (unpaired) electrons. The molecule has 27 heavy (non-hydrogen) atoms. The molecule has 0 atom stereocenters. The molecule has 0 unspecified atom stereocenters. The van der Waals surface area contributed by atoms with Gasteiger partial charge in [0.25, 0.3) is 5.91 Å². The van der Waals surface area contributed by atoms with E-state index < -0.39 is 0 Å². The molecule has 4 nitrogen and oxygen atoms in total. The predicted molar refractivity (Wildman–Crippen MR) is 108 cm³/mol. The number of carbonyl (C=O) groups excluding carboxylic acids is 1. The summed E-state index contributed by atoms with van der Waals surface area (Å²) in [4.78, 5) is 14.4. The molecule has 2 aliphatic rings. The highest BCUT2D eigenvalue weighted by Gasteiger charge is 2.26. The lowest BCUT2D eigenvalue weighted by molar-refractivity contribution is 0.0963. The molecule has 1 N–H and O–H groups in total. The third-order valence-corrected chi connectivity index (χ3v) is 6.05. The highest BCUT2D eigenvalue weighted by molar-refractivity contribution is 6.32. The minimum atomic E-state index is -0.163. The number of fused-ring (bicyclic) bond motifs is 1. The molecule has 1 heterocycles. The lowest BCUT2D eigenvalue weighted by Gasteiger charge is -2.36. The Balaban J connectivity index is 1.48. The minimum absolute atomic E-state index is 0.163. The molecule has 1 saturated carbocycles. The Morgan fingerprint density at radius 3 is 2.56 bits per heavy atom. The maximum absolute atomic E-state index is 11.7. The molecule has 0 bridgehead atoms. The van der Waals surface area contributed by atoms with E-state index in [-0.39, 0.29) is 5.91 Å². The van der Waals surface area contributed by atoms with Gasteiger partial charge in [0.1, 0.15) is 11.5 Å². The Bertz CT molecular complexity index is 848. The highest BCUT2D eigenvalue weighted by Crippen LogP contribution is 2.33. The predicted octanol–water partition coefficient (Wildman–Crippen LogP) is 4.45. The molecular formula is C22H25ClN2O2. The summed E-state index contributed by atoms with van der Waals surface area (Å²) in [5.41, 5.74) is 3.31. The van der Waals surface area contributed by atoms with Crippen LogP contribution in [0.4, 0.5) is 0 Å². The molecule has 2 aromatic rings. The Morgan fingerprint density at radius 1 is 1.11 bits per heavy atom. The summed E-state index contributed by atoms with van der Waals surface area (Å²) in [6.07, 6.45) is 6.26. The Kier molecular flexibility index (Phi) is 5.37. The van der Waals surface area contributed by atoms with Crippen molar-refractivity contribution in [1.29, 1.82) is 0 Å². The summed E-state index contributed by atoms with van der Waals surface area (Å²) in [5, 5.41) is 3.03. The van der Waals surface area contributed by atoms with Crippen LogP contribution < -0.4 is 10.1 Å². The van der Waals surface area contributed by atoms with Gasteiger partial charge in [0.2, 0.25) is 0 Å². The van der Waals surface area contributed by atoms with Gasteiger partial charge in [0.15, 0.2) is 0 Å². The van der Waals surface area contributed by atoms with Crippen LogP contribution >= 0.6 is 11.6 Å². The zero-order valence-corrected chi connectivity index (χ0v) is 16.4. The van der Waals surface area contributed by atoms with E-state index in [1.165, 1.54) is 30.4 Å². The van der Waals surface area contributed by atoms with E-state index in [4.69, 9.17) is 16.3 Å². The third kappa shape index (κ3) is 3.97. The SMILES string of the molecule is CNC(=O)c1ccc(Oc2ccc3c(c2)CCN(C2CCC2)CC3)c(Cl)c1. The Morgan fingerprint density at radius 2 is 1.89 bits per heavy atom. The van der Waals surface area contributed by atoms with Crippen molar-refractivity contribution in [3.8, 4) is 11.5 Å². The van der Waals surface area contributed by atoms with Crippen LogP contribution in [0.25, 0.3) is 0 Å². The molecule has 1 aliphatic carbocycles. The quantitative estimate of drug-likeness (QED) is 0.846. The smallest absolute Gasteiger partial charge is 0.251 e. The van der Waals surface area contributed by atoms with Crippen molar-refractivity contribution in [2.24, 2.45) is 0 Å². The first-order valence-corrected chi connectivity index (χ1v) is 10.1. The largest absolute Gasteiger partial charge is 0.456 e. The monoisotopic (exact) mass is 384 g/mol. The fourth-order valence-electron chi connectivity index (χ4n) is 3.90. The van der Waals surface area contributed by atoms with Crippen molar-refractivity contribution in [3.63, 3.8) is 0 Å². The van der Waals surface area contributed by atoms with Gasteiger partial charge < -0.3 is 10.1 Å². The first-order chi connectivity index (χ1) is 13.1. The van der Waals surface area contributed by atoms with Crippen LogP contribution in [0, 0.1) is 0 Å². The van der Waals surface area contributed by atoms with Crippen molar-refractivity contribution in [1.82, 2.24) is 10.2 Å². The van der Waals surface area contributed by atoms with Gasteiger partial charge in [-0.3, -0.25) is 9.69 Å². The van der Waals surface area contributed by atoms with Crippen LogP contribution in [0.5, 0.6) is 11.5 Å². The molecule has 2 aromatic carbocycles. The van der Waals surface area contributed by atoms with Crippen LogP contribution in [0.1, 0.15) is 40.7 Å².